The molecule has 2 atom stereocenters. The number of fused-ring (bicyclic) bond motifs is 3. The maximum atomic E-state index is 12.9. The number of nitrogens with zero attached hydrogens (tertiary/aromatic N) is 3. The molecule has 106 valence electrons. The summed E-state index contributed by atoms with van der Waals surface area (Å²) in [7, 11) is 0. The van der Waals surface area contributed by atoms with Crippen LogP contribution in [0, 0.1) is 0 Å². The fourth-order valence-electron chi connectivity index (χ4n) is 3.69. The van der Waals surface area contributed by atoms with Crippen LogP contribution in [0.15, 0.2) is 42.7 Å². The summed E-state index contributed by atoms with van der Waals surface area (Å²) in [6.07, 6.45) is 7.43. The Bertz CT molecular complexity index is 724. The molecule has 3 heterocycles. The van der Waals surface area contributed by atoms with Crippen molar-refractivity contribution in [2.24, 2.45) is 0 Å². The molecule has 2 aliphatic rings. The van der Waals surface area contributed by atoms with Crippen LogP contribution < -0.4 is 0 Å². The Balaban J connectivity index is 1.69. The number of piperidine rings is 1. The van der Waals surface area contributed by atoms with Crippen molar-refractivity contribution in [2.75, 3.05) is 0 Å². The maximum absolute atomic E-state index is 12.9. The van der Waals surface area contributed by atoms with Gasteiger partial charge in [0.25, 0.3) is 5.91 Å². The number of carbonyl (C=O) groups is 1. The third kappa shape index (κ3) is 2.02. The van der Waals surface area contributed by atoms with Crippen LogP contribution in [0.3, 0.4) is 0 Å². The molecule has 21 heavy (non-hydrogen) atoms. The minimum atomic E-state index is 0.127. The summed E-state index contributed by atoms with van der Waals surface area (Å²) >= 11 is 0. The van der Waals surface area contributed by atoms with Crippen LogP contribution in [0.4, 0.5) is 0 Å². The van der Waals surface area contributed by atoms with Gasteiger partial charge in [0.05, 0.1) is 11.0 Å². The van der Waals surface area contributed by atoms with E-state index in [-0.39, 0.29) is 5.91 Å². The molecule has 4 rings (SSSR count). The molecule has 0 aliphatic carbocycles. The highest BCUT2D eigenvalue weighted by Crippen LogP contribution is 2.38. The molecule has 2 unspecified atom stereocenters. The summed E-state index contributed by atoms with van der Waals surface area (Å²) in [5, 5.41) is 0. The highest BCUT2D eigenvalue weighted by Gasteiger charge is 2.40. The molecule has 0 N–H and O–H groups in total. The van der Waals surface area contributed by atoms with Crippen LogP contribution in [-0.2, 0) is 0 Å². The SMILES string of the molecule is C=C1CC2CCC(C1)N2C(=O)c1ccc2nccnc2c1. The molecule has 2 aliphatic heterocycles. The topological polar surface area (TPSA) is 46.1 Å². The first-order chi connectivity index (χ1) is 10.2. The molecule has 0 saturated carbocycles. The number of amides is 1. The van der Waals surface area contributed by atoms with Crippen molar-refractivity contribution < 1.29 is 4.79 Å². The second-order valence-electron chi connectivity index (χ2n) is 6.02. The summed E-state index contributed by atoms with van der Waals surface area (Å²) in [5.41, 5.74) is 3.60. The predicted molar refractivity (Wildman–Crippen MR) is 80.9 cm³/mol. The van der Waals surface area contributed by atoms with E-state index in [9.17, 15) is 4.79 Å². The highest BCUT2D eigenvalue weighted by atomic mass is 16.2. The zero-order valence-electron chi connectivity index (χ0n) is 11.8. The lowest BCUT2D eigenvalue weighted by molar-refractivity contribution is 0.0635. The van der Waals surface area contributed by atoms with Crippen LogP contribution >= 0.6 is 0 Å². The average Bonchev–Trinajstić information content (AvgIpc) is 2.78. The molecule has 0 spiro atoms. The fourth-order valence-corrected chi connectivity index (χ4v) is 3.69. The second-order valence-corrected chi connectivity index (χ2v) is 6.02. The Labute approximate surface area is 123 Å². The molecule has 1 aromatic carbocycles. The summed E-state index contributed by atoms with van der Waals surface area (Å²) < 4.78 is 0. The van der Waals surface area contributed by atoms with Gasteiger partial charge < -0.3 is 4.90 Å². The van der Waals surface area contributed by atoms with E-state index in [2.05, 4.69) is 21.4 Å². The maximum Gasteiger partial charge on any atom is 0.254 e. The first-order valence-corrected chi connectivity index (χ1v) is 7.42. The van der Waals surface area contributed by atoms with Crippen molar-refractivity contribution in [1.82, 2.24) is 14.9 Å². The van der Waals surface area contributed by atoms with Gasteiger partial charge in [-0.15, -0.1) is 0 Å². The van der Waals surface area contributed by atoms with E-state index < -0.39 is 0 Å². The van der Waals surface area contributed by atoms with E-state index in [1.807, 2.05) is 18.2 Å². The van der Waals surface area contributed by atoms with Crippen LogP contribution in [0.1, 0.15) is 36.0 Å². The van der Waals surface area contributed by atoms with Crippen molar-refractivity contribution in [3.63, 3.8) is 0 Å². The lowest BCUT2D eigenvalue weighted by Gasteiger charge is -2.36. The van der Waals surface area contributed by atoms with Gasteiger partial charge in [-0.3, -0.25) is 14.8 Å². The van der Waals surface area contributed by atoms with Gasteiger partial charge in [0, 0.05) is 30.0 Å². The molecular weight excluding hydrogens is 262 g/mol. The average molecular weight is 279 g/mol. The van der Waals surface area contributed by atoms with Crippen molar-refractivity contribution in [2.45, 2.75) is 37.8 Å². The molecule has 1 amide bonds. The normalized spacial score (nSPS) is 24.6. The number of aromatic nitrogens is 2. The van der Waals surface area contributed by atoms with Gasteiger partial charge in [-0.05, 0) is 43.9 Å². The minimum Gasteiger partial charge on any atom is -0.332 e. The smallest absolute Gasteiger partial charge is 0.254 e. The molecule has 4 nitrogen and oxygen atoms in total. The van der Waals surface area contributed by atoms with Gasteiger partial charge in [-0.25, -0.2) is 0 Å². The van der Waals surface area contributed by atoms with Crippen LogP contribution in [0.5, 0.6) is 0 Å². The predicted octanol–water partition coefficient (Wildman–Crippen LogP) is 2.95. The fraction of sp³-hybridized carbons (Fsp3) is 0.353. The molecule has 2 bridgehead atoms. The van der Waals surface area contributed by atoms with Gasteiger partial charge in [-0.1, -0.05) is 12.2 Å². The van der Waals surface area contributed by atoms with Crippen molar-refractivity contribution in [1.29, 1.82) is 0 Å². The number of carbonyl (C=O) groups excluding carboxylic acids is 1. The van der Waals surface area contributed by atoms with Crippen molar-refractivity contribution >= 4 is 16.9 Å². The van der Waals surface area contributed by atoms with E-state index in [1.165, 1.54) is 5.57 Å². The molecule has 2 saturated heterocycles. The summed E-state index contributed by atoms with van der Waals surface area (Å²) in [4.78, 5) is 23.5. The van der Waals surface area contributed by atoms with E-state index >= 15 is 0 Å². The van der Waals surface area contributed by atoms with Gasteiger partial charge in [-0.2, -0.15) is 0 Å². The number of hydrogen-bond acceptors (Lipinski definition) is 3. The molecule has 4 heteroatoms. The standard InChI is InChI=1S/C17H17N3O/c1-11-8-13-3-4-14(9-11)20(13)17(21)12-2-5-15-16(10-12)19-7-6-18-15/h2,5-7,10,13-14H,1,3-4,8-9H2. The molecule has 2 aromatic rings. The zero-order valence-corrected chi connectivity index (χ0v) is 11.8. The van der Waals surface area contributed by atoms with E-state index in [1.54, 1.807) is 12.4 Å². The number of hydrogen-bond donors (Lipinski definition) is 0. The largest absolute Gasteiger partial charge is 0.332 e. The first kappa shape index (κ1) is 12.5. The Morgan fingerprint density at radius 2 is 1.76 bits per heavy atom. The lowest BCUT2D eigenvalue weighted by Crippen LogP contribution is -2.44. The van der Waals surface area contributed by atoms with E-state index in [4.69, 9.17) is 0 Å². The van der Waals surface area contributed by atoms with Gasteiger partial charge in [0.1, 0.15) is 0 Å². The monoisotopic (exact) mass is 279 g/mol. The molecule has 1 aromatic heterocycles. The minimum absolute atomic E-state index is 0.127. The van der Waals surface area contributed by atoms with Gasteiger partial charge in [0.2, 0.25) is 0 Å². The third-order valence-electron chi connectivity index (χ3n) is 4.62. The highest BCUT2D eigenvalue weighted by molar-refractivity contribution is 5.97. The van der Waals surface area contributed by atoms with Crippen molar-refractivity contribution in [3.05, 3.63) is 48.3 Å². The van der Waals surface area contributed by atoms with Gasteiger partial charge in [0.15, 0.2) is 0 Å². The summed E-state index contributed by atoms with van der Waals surface area (Å²) in [6, 6.07) is 6.26. The van der Waals surface area contributed by atoms with Crippen molar-refractivity contribution in [3.8, 4) is 0 Å². The Morgan fingerprint density at radius 1 is 1.10 bits per heavy atom. The Kier molecular flexibility index (Phi) is 2.77. The van der Waals surface area contributed by atoms with E-state index in [0.717, 1.165) is 36.7 Å². The quantitative estimate of drug-likeness (QED) is 0.754. The Hall–Kier alpha value is -2.23. The molecule has 0 radical (unpaired) electrons. The zero-order chi connectivity index (χ0) is 14.4. The third-order valence-corrected chi connectivity index (χ3v) is 4.62. The Morgan fingerprint density at radius 3 is 2.48 bits per heavy atom. The molecule has 2 fully saturated rings. The van der Waals surface area contributed by atoms with Crippen LogP contribution in [-0.4, -0.2) is 32.9 Å². The first-order valence-electron chi connectivity index (χ1n) is 7.42. The van der Waals surface area contributed by atoms with Crippen LogP contribution in [0.2, 0.25) is 0 Å². The number of benzene rings is 1. The van der Waals surface area contributed by atoms with E-state index in [0.29, 0.717) is 17.6 Å². The molecular formula is C17H17N3O. The van der Waals surface area contributed by atoms with Crippen LogP contribution in [0.25, 0.3) is 11.0 Å². The number of rotatable bonds is 1. The van der Waals surface area contributed by atoms with Gasteiger partial charge >= 0.3 is 0 Å². The summed E-state index contributed by atoms with van der Waals surface area (Å²) in [6.45, 7) is 4.11. The lowest BCUT2D eigenvalue weighted by atomic mass is 9.97. The second kappa shape index (κ2) is 4.65. The summed E-state index contributed by atoms with van der Waals surface area (Å²) in [5.74, 6) is 0.127.